The maximum absolute atomic E-state index is 12.9. The van der Waals surface area contributed by atoms with E-state index >= 15 is 0 Å². The van der Waals surface area contributed by atoms with Crippen molar-refractivity contribution in [2.45, 2.75) is 24.8 Å². The first-order chi connectivity index (χ1) is 13.2. The number of thioether (sulfide) groups is 1. The zero-order valence-corrected chi connectivity index (χ0v) is 18.5. The summed E-state index contributed by atoms with van der Waals surface area (Å²) in [6.45, 7) is 3.54. The molecule has 6 nitrogen and oxygen atoms in total. The number of amides is 1. The molecule has 2 aromatic rings. The van der Waals surface area contributed by atoms with Gasteiger partial charge in [-0.05, 0) is 43.0 Å². The second-order valence-electron chi connectivity index (χ2n) is 5.97. The molecule has 1 atom stereocenters. The van der Waals surface area contributed by atoms with Crippen molar-refractivity contribution in [3.05, 3.63) is 47.5 Å². The standard InChI is InChI=1S/C19H23ClN2O4S2/c1-5-27-18-9-7-6-8-15(18)21-19(23)13(2)22(28(4,24)25)16-12-14(20)10-11-17(16)26-3/h6-13H,5H2,1-4H3,(H,21,23)/t13-/m1/s1. The van der Waals surface area contributed by atoms with Gasteiger partial charge in [-0.15, -0.1) is 11.8 Å². The van der Waals surface area contributed by atoms with Gasteiger partial charge in [-0.3, -0.25) is 9.10 Å². The van der Waals surface area contributed by atoms with E-state index in [1.807, 2.05) is 25.1 Å². The molecule has 0 saturated carbocycles. The lowest BCUT2D eigenvalue weighted by atomic mass is 10.2. The van der Waals surface area contributed by atoms with Crippen LogP contribution in [0.2, 0.25) is 5.02 Å². The van der Waals surface area contributed by atoms with Crippen LogP contribution in [0.15, 0.2) is 47.4 Å². The number of nitrogens with zero attached hydrogens (tertiary/aromatic N) is 1. The van der Waals surface area contributed by atoms with Gasteiger partial charge >= 0.3 is 0 Å². The second-order valence-corrected chi connectivity index (χ2v) is 9.57. The van der Waals surface area contributed by atoms with Crippen LogP contribution in [0.25, 0.3) is 0 Å². The Morgan fingerprint density at radius 2 is 1.96 bits per heavy atom. The van der Waals surface area contributed by atoms with Crippen LogP contribution in [0.5, 0.6) is 5.75 Å². The Balaban J connectivity index is 2.41. The number of carbonyl (C=O) groups is 1. The van der Waals surface area contributed by atoms with Crippen molar-refractivity contribution >= 4 is 50.7 Å². The maximum Gasteiger partial charge on any atom is 0.248 e. The van der Waals surface area contributed by atoms with Gasteiger partial charge < -0.3 is 10.1 Å². The third-order valence-corrected chi connectivity index (χ3v) is 6.33. The highest BCUT2D eigenvalue weighted by molar-refractivity contribution is 7.99. The molecule has 28 heavy (non-hydrogen) atoms. The van der Waals surface area contributed by atoms with Crippen LogP contribution in [0.3, 0.4) is 0 Å². The molecule has 0 radical (unpaired) electrons. The van der Waals surface area contributed by atoms with Gasteiger partial charge in [0.25, 0.3) is 0 Å². The van der Waals surface area contributed by atoms with Gasteiger partial charge in [0.05, 0.1) is 24.7 Å². The molecule has 0 unspecified atom stereocenters. The number of hydrogen-bond acceptors (Lipinski definition) is 5. The Hall–Kier alpha value is -1.90. The van der Waals surface area contributed by atoms with Gasteiger partial charge in [0, 0.05) is 9.92 Å². The predicted octanol–water partition coefficient (Wildman–Crippen LogP) is 4.25. The Morgan fingerprint density at radius 3 is 2.57 bits per heavy atom. The molecule has 0 aliphatic rings. The molecule has 0 saturated heterocycles. The van der Waals surface area contributed by atoms with Crippen LogP contribution in [0.4, 0.5) is 11.4 Å². The summed E-state index contributed by atoms with van der Waals surface area (Å²) < 4.78 is 31.3. The molecule has 1 amide bonds. The Kier molecular flexibility index (Phi) is 7.63. The number of carbonyl (C=O) groups excluding carboxylic acids is 1. The lowest BCUT2D eigenvalue weighted by molar-refractivity contribution is -0.116. The summed E-state index contributed by atoms with van der Waals surface area (Å²) in [5.74, 6) is 0.686. The molecule has 2 aromatic carbocycles. The molecule has 152 valence electrons. The van der Waals surface area contributed by atoms with Crippen LogP contribution in [0, 0.1) is 0 Å². The van der Waals surface area contributed by atoms with Crippen molar-refractivity contribution in [1.29, 1.82) is 0 Å². The van der Waals surface area contributed by atoms with Gasteiger partial charge in [0.2, 0.25) is 15.9 Å². The van der Waals surface area contributed by atoms with Gasteiger partial charge in [-0.25, -0.2) is 8.42 Å². The summed E-state index contributed by atoms with van der Waals surface area (Å²) in [6, 6.07) is 11.0. The molecule has 1 N–H and O–H groups in total. The highest BCUT2D eigenvalue weighted by Gasteiger charge is 2.31. The molecule has 9 heteroatoms. The van der Waals surface area contributed by atoms with Crippen LogP contribution >= 0.6 is 23.4 Å². The first-order valence-electron chi connectivity index (χ1n) is 8.54. The number of benzene rings is 2. The average molecular weight is 443 g/mol. The summed E-state index contributed by atoms with van der Waals surface area (Å²) in [5, 5.41) is 3.16. The highest BCUT2D eigenvalue weighted by Crippen LogP contribution is 2.34. The van der Waals surface area contributed by atoms with Crippen molar-refractivity contribution in [3.8, 4) is 5.75 Å². The average Bonchev–Trinajstić information content (AvgIpc) is 2.62. The monoisotopic (exact) mass is 442 g/mol. The second kappa shape index (κ2) is 9.54. The molecule has 0 aliphatic heterocycles. The van der Waals surface area contributed by atoms with Crippen molar-refractivity contribution < 1.29 is 17.9 Å². The molecular weight excluding hydrogens is 420 g/mol. The predicted molar refractivity (Wildman–Crippen MR) is 116 cm³/mol. The number of nitrogens with one attached hydrogen (secondary N) is 1. The molecule has 0 fully saturated rings. The lowest BCUT2D eigenvalue weighted by Gasteiger charge is -2.29. The number of halogens is 1. The number of rotatable bonds is 8. The maximum atomic E-state index is 12.9. The van der Waals surface area contributed by atoms with E-state index < -0.39 is 22.0 Å². The number of sulfonamides is 1. The SMILES string of the molecule is CCSc1ccccc1NC(=O)[C@@H](C)N(c1cc(Cl)ccc1OC)S(C)(=O)=O. The van der Waals surface area contributed by atoms with Gasteiger partial charge in [-0.1, -0.05) is 30.7 Å². The van der Waals surface area contributed by atoms with Gasteiger partial charge in [0.1, 0.15) is 11.8 Å². The van der Waals surface area contributed by atoms with E-state index in [0.717, 1.165) is 21.2 Å². The van der Waals surface area contributed by atoms with E-state index in [0.29, 0.717) is 16.5 Å². The van der Waals surface area contributed by atoms with Gasteiger partial charge in [0.15, 0.2) is 0 Å². The quantitative estimate of drug-likeness (QED) is 0.618. The normalized spacial score (nSPS) is 12.3. The minimum atomic E-state index is -3.80. The minimum absolute atomic E-state index is 0.205. The van der Waals surface area contributed by atoms with Crippen LogP contribution < -0.4 is 14.4 Å². The minimum Gasteiger partial charge on any atom is -0.495 e. The largest absolute Gasteiger partial charge is 0.495 e. The summed E-state index contributed by atoms with van der Waals surface area (Å²) >= 11 is 7.65. The molecular formula is C19H23ClN2O4S2. The first kappa shape index (κ1) is 22.4. The van der Waals surface area contributed by atoms with E-state index in [4.69, 9.17) is 16.3 Å². The number of methoxy groups -OCH3 is 1. The Labute approximate surface area is 175 Å². The fraction of sp³-hybridized carbons (Fsp3) is 0.316. The van der Waals surface area contributed by atoms with Gasteiger partial charge in [-0.2, -0.15) is 0 Å². The number of anilines is 2. The fourth-order valence-electron chi connectivity index (χ4n) is 2.70. The van der Waals surface area contributed by atoms with E-state index in [-0.39, 0.29) is 5.69 Å². The molecule has 0 spiro atoms. The fourth-order valence-corrected chi connectivity index (χ4v) is 4.80. The highest BCUT2D eigenvalue weighted by atomic mass is 35.5. The topological polar surface area (TPSA) is 75.7 Å². The molecule has 2 rings (SSSR count). The number of hydrogen-bond donors (Lipinski definition) is 1. The molecule has 0 aromatic heterocycles. The smallest absolute Gasteiger partial charge is 0.248 e. The Bertz CT molecular complexity index is 951. The third kappa shape index (κ3) is 5.33. The molecule has 0 heterocycles. The third-order valence-electron chi connectivity index (χ3n) is 3.91. The Morgan fingerprint density at radius 1 is 1.29 bits per heavy atom. The van der Waals surface area contributed by atoms with Crippen LogP contribution in [-0.2, 0) is 14.8 Å². The summed E-state index contributed by atoms with van der Waals surface area (Å²) in [5.41, 5.74) is 0.842. The van der Waals surface area contributed by atoms with E-state index in [1.165, 1.54) is 20.1 Å². The lowest BCUT2D eigenvalue weighted by Crippen LogP contribution is -2.45. The van der Waals surface area contributed by atoms with Crippen molar-refractivity contribution in [3.63, 3.8) is 0 Å². The zero-order valence-electron chi connectivity index (χ0n) is 16.1. The van der Waals surface area contributed by atoms with Crippen LogP contribution in [0.1, 0.15) is 13.8 Å². The number of para-hydroxylation sites is 1. The number of ether oxygens (including phenoxy) is 1. The first-order valence-corrected chi connectivity index (χ1v) is 11.8. The molecule has 0 bridgehead atoms. The van der Waals surface area contributed by atoms with Crippen LogP contribution in [-0.4, -0.2) is 39.5 Å². The zero-order chi connectivity index (χ0) is 20.9. The van der Waals surface area contributed by atoms with E-state index in [1.54, 1.807) is 30.0 Å². The summed E-state index contributed by atoms with van der Waals surface area (Å²) in [7, 11) is -2.37. The van der Waals surface area contributed by atoms with E-state index in [9.17, 15) is 13.2 Å². The summed E-state index contributed by atoms with van der Waals surface area (Å²) in [6.07, 6.45) is 1.04. The summed E-state index contributed by atoms with van der Waals surface area (Å²) in [4.78, 5) is 13.8. The van der Waals surface area contributed by atoms with Crippen molar-refractivity contribution in [2.24, 2.45) is 0 Å². The van der Waals surface area contributed by atoms with E-state index in [2.05, 4.69) is 5.32 Å². The van der Waals surface area contributed by atoms with Crippen molar-refractivity contribution in [2.75, 3.05) is 28.7 Å². The van der Waals surface area contributed by atoms with Crippen molar-refractivity contribution in [1.82, 2.24) is 0 Å². The molecule has 0 aliphatic carbocycles.